The number of nitrogens with zero attached hydrogens (tertiary/aromatic N) is 2. The highest BCUT2D eigenvalue weighted by Crippen LogP contribution is 2.07. The number of hydrogen-bond acceptors (Lipinski definition) is 5. The van der Waals surface area contributed by atoms with E-state index in [-0.39, 0.29) is 11.6 Å². The summed E-state index contributed by atoms with van der Waals surface area (Å²) in [6.45, 7) is 6.43. The highest BCUT2D eigenvalue weighted by Gasteiger charge is 2.12. The van der Waals surface area contributed by atoms with Crippen molar-refractivity contribution in [2.75, 3.05) is 13.2 Å². The molecule has 3 N–H and O–H groups in total. The molecule has 0 saturated heterocycles. The number of nitrogens with two attached hydrogens (primary N) is 1. The minimum atomic E-state index is -0.431. The van der Waals surface area contributed by atoms with Crippen molar-refractivity contribution in [3.63, 3.8) is 0 Å². The van der Waals surface area contributed by atoms with E-state index in [1.54, 1.807) is 12.1 Å². The Labute approximate surface area is 101 Å². The lowest BCUT2D eigenvalue weighted by atomic mass is 10.1. The summed E-state index contributed by atoms with van der Waals surface area (Å²) < 4.78 is 5.33. The van der Waals surface area contributed by atoms with Gasteiger partial charge in [-0.2, -0.15) is 0 Å². The summed E-state index contributed by atoms with van der Waals surface area (Å²) in [5.74, 6) is 0.113. The van der Waals surface area contributed by atoms with E-state index in [0.29, 0.717) is 19.0 Å². The lowest BCUT2D eigenvalue weighted by Gasteiger charge is -2.18. The average Bonchev–Trinajstić information content (AvgIpc) is 2.26. The van der Waals surface area contributed by atoms with Crippen molar-refractivity contribution in [2.24, 2.45) is 5.73 Å². The van der Waals surface area contributed by atoms with Crippen LogP contribution in [0, 0.1) is 0 Å². The summed E-state index contributed by atoms with van der Waals surface area (Å²) in [6, 6.07) is 3.17. The normalized spacial score (nSPS) is 11.1. The number of ether oxygens (including phenoxy) is 1. The van der Waals surface area contributed by atoms with Crippen LogP contribution in [0.25, 0.3) is 0 Å². The van der Waals surface area contributed by atoms with E-state index in [1.807, 2.05) is 20.8 Å². The first-order valence-electron chi connectivity index (χ1n) is 5.46. The first kappa shape index (κ1) is 13.4. The molecule has 0 aliphatic heterocycles. The molecule has 1 aromatic rings. The molecule has 0 radical (unpaired) electrons. The fourth-order valence-electron chi connectivity index (χ4n) is 1.03. The molecule has 6 heteroatoms. The molecular formula is C11H18N4O2. The molecule has 1 amide bonds. The number of rotatable bonds is 5. The van der Waals surface area contributed by atoms with Gasteiger partial charge in [0.15, 0.2) is 5.69 Å². The van der Waals surface area contributed by atoms with Gasteiger partial charge in [-0.1, -0.05) is 0 Å². The third-order valence-corrected chi connectivity index (χ3v) is 1.80. The Hall–Kier alpha value is -1.69. The van der Waals surface area contributed by atoms with Crippen molar-refractivity contribution in [3.8, 4) is 5.88 Å². The standard InChI is InChI=1S/C11H18N4O2/c1-4-13-10(16)8-5-6-9(15-14-8)17-7-11(2,3)12/h5-6H,4,7,12H2,1-3H3,(H,13,16). The van der Waals surface area contributed by atoms with Crippen LogP contribution in [0.3, 0.4) is 0 Å². The lowest BCUT2D eigenvalue weighted by Crippen LogP contribution is -2.38. The Bertz CT molecular complexity index is 370. The minimum absolute atomic E-state index is 0.245. The van der Waals surface area contributed by atoms with Crippen molar-refractivity contribution in [3.05, 3.63) is 17.8 Å². The molecule has 1 heterocycles. The highest BCUT2D eigenvalue weighted by molar-refractivity contribution is 5.91. The van der Waals surface area contributed by atoms with Gasteiger partial charge in [0, 0.05) is 18.2 Å². The largest absolute Gasteiger partial charge is 0.475 e. The lowest BCUT2D eigenvalue weighted by molar-refractivity contribution is 0.0949. The van der Waals surface area contributed by atoms with Crippen molar-refractivity contribution in [1.82, 2.24) is 15.5 Å². The number of aromatic nitrogens is 2. The van der Waals surface area contributed by atoms with Gasteiger partial charge in [0.1, 0.15) is 6.61 Å². The Morgan fingerprint density at radius 3 is 2.65 bits per heavy atom. The molecule has 1 rings (SSSR count). The van der Waals surface area contributed by atoms with Crippen molar-refractivity contribution >= 4 is 5.91 Å². The summed E-state index contributed by atoms with van der Waals surface area (Å²) in [7, 11) is 0. The molecular weight excluding hydrogens is 220 g/mol. The van der Waals surface area contributed by atoms with E-state index in [1.165, 1.54) is 0 Å². The molecule has 0 fully saturated rings. The van der Waals surface area contributed by atoms with Crippen molar-refractivity contribution in [1.29, 1.82) is 0 Å². The van der Waals surface area contributed by atoms with Crippen molar-refractivity contribution < 1.29 is 9.53 Å². The smallest absolute Gasteiger partial charge is 0.271 e. The summed E-state index contributed by atoms with van der Waals surface area (Å²) in [5.41, 5.74) is 5.60. The van der Waals surface area contributed by atoms with Gasteiger partial charge in [0.25, 0.3) is 5.91 Å². The topological polar surface area (TPSA) is 90.1 Å². The van der Waals surface area contributed by atoms with Crippen molar-refractivity contribution in [2.45, 2.75) is 26.3 Å². The Kier molecular flexibility index (Phi) is 4.39. The molecule has 94 valence electrons. The Morgan fingerprint density at radius 1 is 1.47 bits per heavy atom. The molecule has 0 aliphatic carbocycles. The van der Waals surface area contributed by atoms with E-state index in [9.17, 15) is 4.79 Å². The average molecular weight is 238 g/mol. The molecule has 0 atom stereocenters. The van der Waals surface area contributed by atoms with Gasteiger partial charge in [0.2, 0.25) is 5.88 Å². The number of carbonyl (C=O) groups is 1. The van der Waals surface area contributed by atoms with Crippen LogP contribution in [-0.4, -0.2) is 34.8 Å². The van der Waals surface area contributed by atoms with E-state index >= 15 is 0 Å². The fraction of sp³-hybridized carbons (Fsp3) is 0.545. The van der Waals surface area contributed by atoms with Crippen LogP contribution in [0.5, 0.6) is 5.88 Å². The molecule has 17 heavy (non-hydrogen) atoms. The molecule has 0 aromatic carbocycles. The molecule has 6 nitrogen and oxygen atoms in total. The Balaban J connectivity index is 2.59. The fourth-order valence-corrected chi connectivity index (χ4v) is 1.03. The van der Waals surface area contributed by atoms with Crippen LogP contribution in [0.15, 0.2) is 12.1 Å². The van der Waals surface area contributed by atoms with Gasteiger partial charge in [-0.15, -0.1) is 10.2 Å². The first-order chi connectivity index (χ1) is 7.92. The van der Waals surface area contributed by atoms with Crippen LogP contribution < -0.4 is 15.8 Å². The minimum Gasteiger partial charge on any atom is -0.475 e. The van der Waals surface area contributed by atoms with Gasteiger partial charge in [0.05, 0.1) is 0 Å². The third kappa shape index (κ3) is 4.78. The molecule has 0 saturated carbocycles. The zero-order valence-electron chi connectivity index (χ0n) is 10.4. The van der Waals surface area contributed by atoms with E-state index < -0.39 is 5.54 Å². The second-order valence-corrected chi connectivity index (χ2v) is 4.39. The number of nitrogens with one attached hydrogen (secondary N) is 1. The van der Waals surface area contributed by atoms with Gasteiger partial charge in [-0.05, 0) is 26.8 Å². The van der Waals surface area contributed by atoms with E-state index in [0.717, 1.165) is 0 Å². The highest BCUT2D eigenvalue weighted by atomic mass is 16.5. The molecule has 0 unspecified atom stereocenters. The summed E-state index contributed by atoms with van der Waals surface area (Å²) in [4.78, 5) is 11.4. The second-order valence-electron chi connectivity index (χ2n) is 4.39. The molecule has 0 spiro atoms. The maximum atomic E-state index is 11.4. The van der Waals surface area contributed by atoms with Crippen LogP contribution in [0.1, 0.15) is 31.3 Å². The zero-order chi connectivity index (χ0) is 12.9. The molecule has 0 bridgehead atoms. The molecule has 0 aliphatic rings. The predicted octanol–water partition coefficient (Wildman–Crippen LogP) is 0.342. The number of amides is 1. The maximum absolute atomic E-state index is 11.4. The van der Waals surface area contributed by atoms with Gasteiger partial charge < -0.3 is 15.8 Å². The quantitative estimate of drug-likeness (QED) is 0.772. The van der Waals surface area contributed by atoms with Crippen LogP contribution >= 0.6 is 0 Å². The predicted molar refractivity (Wildman–Crippen MR) is 63.8 cm³/mol. The van der Waals surface area contributed by atoms with E-state index in [4.69, 9.17) is 10.5 Å². The van der Waals surface area contributed by atoms with Crippen LogP contribution in [-0.2, 0) is 0 Å². The van der Waals surface area contributed by atoms with Gasteiger partial charge in [-0.25, -0.2) is 0 Å². The van der Waals surface area contributed by atoms with Crippen LogP contribution in [0.2, 0.25) is 0 Å². The summed E-state index contributed by atoms with van der Waals surface area (Å²) in [6.07, 6.45) is 0. The summed E-state index contributed by atoms with van der Waals surface area (Å²) in [5, 5.41) is 10.2. The first-order valence-corrected chi connectivity index (χ1v) is 5.46. The number of hydrogen-bond donors (Lipinski definition) is 2. The van der Waals surface area contributed by atoms with Gasteiger partial charge in [-0.3, -0.25) is 4.79 Å². The van der Waals surface area contributed by atoms with Gasteiger partial charge >= 0.3 is 0 Å². The number of carbonyl (C=O) groups excluding carboxylic acids is 1. The third-order valence-electron chi connectivity index (χ3n) is 1.80. The Morgan fingerprint density at radius 2 is 2.18 bits per heavy atom. The van der Waals surface area contributed by atoms with Crippen LogP contribution in [0.4, 0.5) is 0 Å². The zero-order valence-corrected chi connectivity index (χ0v) is 10.4. The monoisotopic (exact) mass is 238 g/mol. The second kappa shape index (κ2) is 5.58. The maximum Gasteiger partial charge on any atom is 0.271 e. The van der Waals surface area contributed by atoms with E-state index in [2.05, 4.69) is 15.5 Å². The molecule has 1 aromatic heterocycles. The summed E-state index contributed by atoms with van der Waals surface area (Å²) >= 11 is 0. The SMILES string of the molecule is CCNC(=O)c1ccc(OCC(C)(C)N)nn1.